The maximum Gasteiger partial charge on any atom is 0.123 e. The molecule has 0 aliphatic carbocycles. The third kappa shape index (κ3) is 2.44. The molecule has 0 saturated heterocycles. The lowest BCUT2D eigenvalue weighted by atomic mass is 9.94. The van der Waals surface area contributed by atoms with Crippen molar-refractivity contribution < 1.29 is 4.39 Å². The van der Waals surface area contributed by atoms with Gasteiger partial charge in [0.15, 0.2) is 0 Å². The Morgan fingerprint density at radius 3 is 2.71 bits per heavy atom. The number of hydrazine groups is 1. The van der Waals surface area contributed by atoms with Gasteiger partial charge in [-0.25, -0.2) is 9.82 Å². The van der Waals surface area contributed by atoms with Gasteiger partial charge in [0.05, 0.1) is 11.6 Å². The zero-order valence-corrected chi connectivity index (χ0v) is 11.3. The molecule has 1 heterocycles. The Balaban J connectivity index is 2.21. The molecule has 0 spiro atoms. The van der Waals surface area contributed by atoms with Gasteiger partial charge >= 0.3 is 0 Å². The molecule has 0 bridgehead atoms. The highest BCUT2D eigenvalue weighted by atomic mass is 19.1. The van der Waals surface area contributed by atoms with E-state index >= 15 is 0 Å². The maximum absolute atomic E-state index is 13.5. The second kappa shape index (κ2) is 5.47. The fraction of sp³-hybridized carbons (Fsp3) is 0.0625. The average molecular weight is 282 g/mol. The van der Waals surface area contributed by atoms with Crippen molar-refractivity contribution in [1.82, 2.24) is 10.4 Å². The molecule has 0 saturated carbocycles. The Labute approximate surface area is 121 Å². The van der Waals surface area contributed by atoms with Gasteiger partial charge in [-0.1, -0.05) is 18.2 Å². The number of nitrogens with two attached hydrogens (primary N) is 2. The van der Waals surface area contributed by atoms with Crippen LogP contribution < -0.4 is 17.0 Å². The van der Waals surface area contributed by atoms with Gasteiger partial charge < -0.3 is 5.73 Å². The third-order valence-electron chi connectivity index (χ3n) is 3.52. The van der Waals surface area contributed by atoms with Gasteiger partial charge in [-0.15, -0.1) is 0 Å². The van der Waals surface area contributed by atoms with Crippen molar-refractivity contribution in [3.8, 4) is 0 Å². The van der Waals surface area contributed by atoms with Crippen LogP contribution in [0.3, 0.4) is 0 Å². The Kier molecular flexibility index (Phi) is 3.51. The summed E-state index contributed by atoms with van der Waals surface area (Å²) in [5.41, 5.74) is 11.5. The summed E-state index contributed by atoms with van der Waals surface area (Å²) in [7, 11) is 0. The van der Waals surface area contributed by atoms with E-state index in [9.17, 15) is 4.39 Å². The largest absolute Gasteiger partial charge is 0.398 e. The van der Waals surface area contributed by atoms with Crippen molar-refractivity contribution in [3.05, 3.63) is 71.7 Å². The summed E-state index contributed by atoms with van der Waals surface area (Å²) in [4.78, 5) is 4.32. The minimum absolute atomic E-state index is 0.349. The normalized spacial score (nSPS) is 12.5. The summed E-state index contributed by atoms with van der Waals surface area (Å²) in [6.07, 6.45) is 1.73. The second-order valence-electron chi connectivity index (χ2n) is 4.79. The molecule has 2 aromatic carbocycles. The van der Waals surface area contributed by atoms with E-state index in [4.69, 9.17) is 11.6 Å². The van der Waals surface area contributed by atoms with E-state index in [1.54, 1.807) is 12.3 Å². The van der Waals surface area contributed by atoms with Gasteiger partial charge in [0.1, 0.15) is 5.82 Å². The van der Waals surface area contributed by atoms with Gasteiger partial charge in [0.25, 0.3) is 0 Å². The molecule has 5 N–H and O–H groups in total. The number of pyridine rings is 1. The first kappa shape index (κ1) is 13.5. The van der Waals surface area contributed by atoms with E-state index in [-0.39, 0.29) is 5.82 Å². The zero-order chi connectivity index (χ0) is 14.8. The van der Waals surface area contributed by atoms with Crippen molar-refractivity contribution in [1.29, 1.82) is 0 Å². The highest BCUT2D eigenvalue weighted by Crippen LogP contribution is 2.31. The van der Waals surface area contributed by atoms with Crippen molar-refractivity contribution in [2.24, 2.45) is 5.84 Å². The minimum Gasteiger partial charge on any atom is -0.398 e. The fourth-order valence-corrected chi connectivity index (χ4v) is 2.52. The summed E-state index contributed by atoms with van der Waals surface area (Å²) < 4.78 is 13.5. The minimum atomic E-state index is -0.409. The molecule has 21 heavy (non-hydrogen) atoms. The highest BCUT2D eigenvalue weighted by Gasteiger charge is 2.18. The molecule has 4 nitrogen and oxygen atoms in total. The van der Waals surface area contributed by atoms with Crippen LogP contribution >= 0.6 is 0 Å². The number of aromatic nitrogens is 1. The Hall–Kier alpha value is -2.50. The smallest absolute Gasteiger partial charge is 0.123 e. The van der Waals surface area contributed by atoms with Gasteiger partial charge in [0, 0.05) is 22.8 Å². The van der Waals surface area contributed by atoms with E-state index in [1.807, 2.05) is 30.3 Å². The average Bonchev–Trinajstić information content (AvgIpc) is 2.51. The predicted octanol–water partition coefficient (Wildman–Crippen LogP) is 2.51. The molecular weight excluding hydrogens is 267 g/mol. The number of hydrogen-bond acceptors (Lipinski definition) is 4. The molecule has 3 rings (SSSR count). The van der Waals surface area contributed by atoms with Crippen molar-refractivity contribution >= 4 is 16.6 Å². The molecule has 1 atom stereocenters. The molecule has 1 aromatic heterocycles. The number of fused-ring (bicyclic) bond motifs is 1. The van der Waals surface area contributed by atoms with Crippen molar-refractivity contribution in [2.45, 2.75) is 6.04 Å². The number of nitrogen functional groups attached to an aromatic ring is 1. The van der Waals surface area contributed by atoms with Gasteiger partial charge in [-0.05, 0) is 35.9 Å². The van der Waals surface area contributed by atoms with Crippen LogP contribution in [0.2, 0.25) is 0 Å². The molecule has 3 aromatic rings. The number of hydrogen-bond donors (Lipinski definition) is 3. The summed E-state index contributed by atoms with van der Waals surface area (Å²) in [6, 6.07) is 13.4. The van der Waals surface area contributed by atoms with Crippen molar-refractivity contribution in [3.63, 3.8) is 0 Å². The third-order valence-corrected chi connectivity index (χ3v) is 3.52. The molecule has 0 amide bonds. The Morgan fingerprint density at radius 1 is 1.05 bits per heavy atom. The summed E-state index contributed by atoms with van der Waals surface area (Å²) in [5, 5.41) is 0.951. The summed E-state index contributed by atoms with van der Waals surface area (Å²) >= 11 is 0. The van der Waals surface area contributed by atoms with Crippen LogP contribution in [0.5, 0.6) is 0 Å². The SMILES string of the molecule is NNC(c1cc(F)ccc1N)c1cccc2ncccc12. The van der Waals surface area contributed by atoms with Crippen LogP contribution in [-0.2, 0) is 0 Å². The number of nitrogens with zero attached hydrogens (tertiary/aromatic N) is 1. The van der Waals surface area contributed by atoms with Crippen molar-refractivity contribution in [2.75, 3.05) is 5.73 Å². The zero-order valence-electron chi connectivity index (χ0n) is 11.3. The first-order valence-electron chi connectivity index (χ1n) is 6.55. The van der Waals surface area contributed by atoms with Crippen LogP contribution in [0.4, 0.5) is 10.1 Å². The summed E-state index contributed by atoms with van der Waals surface area (Å²) in [5.74, 6) is 5.35. The first-order chi connectivity index (χ1) is 10.2. The van der Waals surface area contributed by atoms with Gasteiger partial charge in [-0.3, -0.25) is 10.8 Å². The molecular formula is C16H15FN4. The number of halogens is 1. The lowest BCUT2D eigenvalue weighted by Gasteiger charge is -2.20. The van der Waals surface area contributed by atoms with E-state index < -0.39 is 6.04 Å². The van der Waals surface area contributed by atoms with E-state index in [1.165, 1.54) is 12.1 Å². The van der Waals surface area contributed by atoms with Gasteiger partial charge in [0.2, 0.25) is 0 Å². The molecule has 0 radical (unpaired) electrons. The lowest BCUT2D eigenvalue weighted by molar-refractivity contribution is 0.608. The Morgan fingerprint density at radius 2 is 1.90 bits per heavy atom. The van der Waals surface area contributed by atoms with Crippen LogP contribution in [0.15, 0.2) is 54.7 Å². The quantitative estimate of drug-likeness (QED) is 0.392. The molecule has 0 aliphatic heterocycles. The standard InChI is InChI=1S/C16H15FN4/c17-10-6-7-14(18)13(9-10)16(21-19)12-3-1-5-15-11(12)4-2-8-20-15/h1-9,16,21H,18-19H2. The molecule has 0 fully saturated rings. The number of anilines is 1. The Bertz CT molecular complexity index is 783. The highest BCUT2D eigenvalue weighted by molar-refractivity contribution is 5.83. The van der Waals surface area contributed by atoms with E-state index in [2.05, 4.69) is 10.4 Å². The van der Waals surface area contributed by atoms with Gasteiger partial charge in [-0.2, -0.15) is 0 Å². The first-order valence-corrected chi connectivity index (χ1v) is 6.55. The fourth-order valence-electron chi connectivity index (χ4n) is 2.52. The van der Waals surface area contributed by atoms with Crippen LogP contribution in [-0.4, -0.2) is 4.98 Å². The molecule has 1 unspecified atom stereocenters. The maximum atomic E-state index is 13.5. The number of rotatable bonds is 3. The second-order valence-corrected chi connectivity index (χ2v) is 4.79. The van der Waals surface area contributed by atoms with Crippen LogP contribution in [0.25, 0.3) is 10.9 Å². The molecule has 0 aliphatic rings. The monoisotopic (exact) mass is 282 g/mol. The number of nitrogens with one attached hydrogen (secondary N) is 1. The van der Waals surface area contributed by atoms with Crippen LogP contribution in [0.1, 0.15) is 17.2 Å². The van der Waals surface area contributed by atoms with E-state index in [0.717, 1.165) is 16.5 Å². The van der Waals surface area contributed by atoms with Crippen LogP contribution in [0, 0.1) is 5.82 Å². The molecule has 5 heteroatoms. The predicted molar refractivity (Wildman–Crippen MR) is 81.7 cm³/mol. The topological polar surface area (TPSA) is 77.0 Å². The summed E-state index contributed by atoms with van der Waals surface area (Å²) in [6.45, 7) is 0. The molecule has 106 valence electrons. The number of benzene rings is 2. The van der Waals surface area contributed by atoms with E-state index in [0.29, 0.717) is 11.3 Å². The lowest BCUT2D eigenvalue weighted by Crippen LogP contribution is -2.29.